The second-order valence-electron chi connectivity index (χ2n) is 5.12. The lowest BCUT2D eigenvalue weighted by molar-refractivity contribution is -0.0762. The molecule has 2 fully saturated rings. The summed E-state index contributed by atoms with van der Waals surface area (Å²) in [6, 6.07) is 0.507. The monoisotopic (exact) mass is 259 g/mol. The first kappa shape index (κ1) is 14.2. The van der Waals surface area contributed by atoms with E-state index < -0.39 is 6.10 Å². The normalized spacial score (nSPS) is 30.3. The average molecular weight is 259 g/mol. The van der Waals surface area contributed by atoms with Gasteiger partial charge in [0, 0.05) is 26.2 Å². The van der Waals surface area contributed by atoms with Crippen molar-refractivity contribution >= 4 is 0 Å². The third-order valence-corrected chi connectivity index (χ3v) is 3.78. The molecule has 1 aliphatic carbocycles. The summed E-state index contributed by atoms with van der Waals surface area (Å²) in [6.45, 7) is 3.92. The summed E-state index contributed by atoms with van der Waals surface area (Å²) in [6.07, 6.45) is 3.58. The van der Waals surface area contributed by atoms with Crippen LogP contribution in [0.1, 0.15) is 19.3 Å². The van der Waals surface area contributed by atoms with Gasteiger partial charge in [-0.05, 0) is 19.3 Å². The molecule has 5 heteroatoms. The maximum absolute atomic E-state index is 9.97. The second kappa shape index (κ2) is 7.40. The van der Waals surface area contributed by atoms with E-state index in [1.54, 1.807) is 7.11 Å². The van der Waals surface area contributed by atoms with Gasteiger partial charge in [0.25, 0.3) is 0 Å². The lowest BCUT2D eigenvalue weighted by Crippen LogP contribution is -2.51. The van der Waals surface area contributed by atoms with Crippen LogP contribution in [0.25, 0.3) is 0 Å². The van der Waals surface area contributed by atoms with E-state index in [1.807, 2.05) is 0 Å². The molecule has 1 N–H and O–H groups in total. The highest BCUT2D eigenvalue weighted by Crippen LogP contribution is 2.29. The molecule has 0 amide bonds. The second-order valence-corrected chi connectivity index (χ2v) is 5.12. The predicted octanol–water partition coefficient (Wildman–Crippen LogP) is 0.264. The van der Waals surface area contributed by atoms with Gasteiger partial charge in [0.05, 0.1) is 38.6 Å². The highest BCUT2D eigenvalue weighted by atomic mass is 16.5. The predicted molar refractivity (Wildman–Crippen MR) is 67.7 cm³/mol. The van der Waals surface area contributed by atoms with Crippen LogP contribution >= 0.6 is 0 Å². The highest BCUT2D eigenvalue weighted by Gasteiger charge is 2.36. The van der Waals surface area contributed by atoms with Gasteiger partial charge in [-0.3, -0.25) is 4.90 Å². The van der Waals surface area contributed by atoms with Gasteiger partial charge in [-0.15, -0.1) is 0 Å². The maximum Gasteiger partial charge on any atom is 0.0900 e. The third kappa shape index (κ3) is 3.90. The van der Waals surface area contributed by atoms with E-state index in [-0.39, 0.29) is 0 Å². The number of hydrogen-bond donors (Lipinski definition) is 1. The zero-order chi connectivity index (χ0) is 12.8. The largest absolute Gasteiger partial charge is 0.389 e. The van der Waals surface area contributed by atoms with Gasteiger partial charge < -0.3 is 19.3 Å². The van der Waals surface area contributed by atoms with E-state index in [0.717, 1.165) is 13.2 Å². The minimum absolute atomic E-state index is 0.387. The number of aliphatic hydroxyl groups excluding tert-OH is 1. The first-order valence-corrected chi connectivity index (χ1v) is 6.91. The Bertz CT molecular complexity index is 239. The molecule has 5 nitrogen and oxygen atoms in total. The van der Waals surface area contributed by atoms with Crippen molar-refractivity contribution in [1.29, 1.82) is 0 Å². The molecule has 1 heterocycles. The molecule has 1 aliphatic heterocycles. The molecule has 1 saturated carbocycles. The van der Waals surface area contributed by atoms with Crippen molar-refractivity contribution in [3.05, 3.63) is 0 Å². The fraction of sp³-hybridized carbons (Fsp3) is 1.00. The Hall–Kier alpha value is -0.200. The van der Waals surface area contributed by atoms with Crippen molar-refractivity contribution in [2.24, 2.45) is 0 Å². The number of ether oxygens (including phenoxy) is 3. The Labute approximate surface area is 109 Å². The van der Waals surface area contributed by atoms with Crippen LogP contribution < -0.4 is 0 Å². The number of hydrogen-bond acceptors (Lipinski definition) is 5. The quantitative estimate of drug-likeness (QED) is 0.665. The van der Waals surface area contributed by atoms with E-state index in [1.165, 1.54) is 19.3 Å². The summed E-state index contributed by atoms with van der Waals surface area (Å²) in [5.74, 6) is 0. The fourth-order valence-corrected chi connectivity index (χ4v) is 2.92. The lowest BCUT2D eigenvalue weighted by atomic mass is 10.1. The molecule has 3 unspecified atom stereocenters. The zero-order valence-corrected chi connectivity index (χ0v) is 11.2. The third-order valence-electron chi connectivity index (χ3n) is 3.78. The van der Waals surface area contributed by atoms with Gasteiger partial charge in [-0.2, -0.15) is 0 Å². The Morgan fingerprint density at radius 2 is 2.28 bits per heavy atom. The number of methoxy groups -OCH3 is 1. The summed E-state index contributed by atoms with van der Waals surface area (Å²) < 4.78 is 16.0. The van der Waals surface area contributed by atoms with Crippen LogP contribution in [0, 0.1) is 0 Å². The van der Waals surface area contributed by atoms with Crippen LogP contribution in [-0.4, -0.2) is 74.9 Å². The number of nitrogens with zero attached hydrogens (tertiary/aromatic N) is 1. The fourth-order valence-electron chi connectivity index (χ4n) is 2.92. The minimum atomic E-state index is -0.416. The summed E-state index contributed by atoms with van der Waals surface area (Å²) in [5, 5.41) is 9.97. The molecule has 18 heavy (non-hydrogen) atoms. The van der Waals surface area contributed by atoms with Crippen LogP contribution in [0.15, 0.2) is 0 Å². The van der Waals surface area contributed by atoms with E-state index in [9.17, 15) is 5.11 Å². The molecule has 0 bridgehead atoms. The number of β-amino-alcohol motifs (C(OH)–C–C–N with tert-alkyl or cyclic N) is 1. The smallest absolute Gasteiger partial charge is 0.0900 e. The van der Waals surface area contributed by atoms with Crippen molar-refractivity contribution in [3.63, 3.8) is 0 Å². The van der Waals surface area contributed by atoms with Crippen molar-refractivity contribution in [3.8, 4) is 0 Å². The minimum Gasteiger partial charge on any atom is -0.389 e. The average Bonchev–Trinajstić information content (AvgIpc) is 2.84. The number of rotatable bonds is 7. The maximum atomic E-state index is 9.97. The first-order chi connectivity index (χ1) is 8.81. The Morgan fingerprint density at radius 1 is 1.39 bits per heavy atom. The lowest BCUT2D eigenvalue weighted by Gasteiger charge is -2.38. The molecule has 0 aromatic rings. The SMILES string of the molecule is COCCOCC(O)CN1CCOC2CCCC21. The van der Waals surface area contributed by atoms with Crippen molar-refractivity contribution in [2.45, 2.75) is 37.5 Å². The Kier molecular flexibility index (Phi) is 5.85. The van der Waals surface area contributed by atoms with Gasteiger partial charge in [0.15, 0.2) is 0 Å². The van der Waals surface area contributed by atoms with Crippen molar-refractivity contribution in [1.82, 2.24) is 4.90 Å². The van der Waals surface area contributed by atoms with Gasteiger partial charge in [-0.1, -0.05) is 0 Å². The van der Waals surface area contributed by atoms with Crippen LogP contribution in [0.2, 0.25) is 0 Å². The molecule has 3 atom stereocenters. The van der Waals surface area contributed by atoms with E-state index >= 15 is 0 Å². The van der Waals surface area contributed by atoms with Gasteiger partial charge in [-0.25, -0.2) is 0 Å². The topological polar surface area (TPSA) is 51.2 Å². The molecule has 0 spiro atoms. The van der Waals surface area contributed by atoms with E-state index in [4.69, 9.17) is 14.2 Å². The van der Waals surface area contributed by atoms with Crippen LogP contribution in [0.5, 0.6) is 0 Å². The zero-order valence-electron chi connectivity index (χ0n) is 11.2. The summed E-state index contributed by atoms with van der Waals surface area (Å²) >= 11 is 0. The van der Waals surface area contributed by atoms with Crippen LogP contribution in [0.3, 0.4) is 0 Å². The standard InChI is InChI=1S/C13H25NO4/c1-16-7-8-17-10-11(15)9-14-5-6-18-13-4-2-3-12(13)14/h11-13,15H,2-10H2,1H3. The molecular formula is C13H25NO4. The summed E-state index contributed by atoms with van der Waals surface area (Å²) in [5.41, 5.74) is 0. The van der Waals surface area contributed by atoms with Gasteiger partial charge in [0.1, 0.15) is 0 Å². The molecule has 1 saturated heterocycles. The summed E-state index contributed by atoms with van der Waals surface area (Å²) in [4.78, 5) is 2.37. The molecule has 0 aromatic carbocycles. The summed E-state index contributed by atoms with van der Waals surface area (Å²) in [7, 11) is 1.65. The Balaban J connectivity index is 1.67. The number of morpholine rings is 1. The van der Waals surface area contributed by atoms with Crippen LogP contribution in [-0.2, 0) is 14.2 Å². The first-order valence-electron chi connectivity index (χ1n) is 6.91. The number of fused-ring (bicyclic) bond motifs is 1. The highest BCUT2D eigenvalue weighted by molar-refractivity contribution is 4.90. The number of aliphatic hydroxyl groups is 1. The van der Waals surface area contributed by atoms with Crippen molar-refractivity contribution in [2.75, 3.05) is 46.6 Å². The molecule has 0 radical (unpaired) electrons. The van der Waals surface area contributed by atoms with E-state index in [2.05, 4.69) is 4.90 Å². The molecule has 2 rings (SSSR count). The Morgan fingerprint density at radius 3 is 3.11 bits per heavy atom. The van der Waals surface area contributed by atoms with Gasteiger partial charge in [0.2, 0.25) is 0 Å². The molecule has 2 aliphatic rings. The molecular weight excluding hydrogens is 234 g/mol. The molecule has 106 valence electrons. The van der Waals surface area contributed by atoms with Crippen LogP contribution in [0.4, 0.5) is 0 Å². The van der Waals surface area contributed by atoms with Gasteiger partial charge >= 0.3 is 0 Å². The van der Waals surface area contributed by atoms with Crippen molar-refractivity contribution < 1.29 is 19.3 Å². The molecule has 0 aromatic heterocycles. The van der Waals surface area contributed by atoms with E-state index in [0.29, 0.717) is 38.5 Å².